The topological polar surface area (TPSA) is 88.5 Å². The van der Waals surface area contributed by atoms with Crippen molar-refractivity contribution in [3.63, 3.8) is 0 Å². The fraction of sp³-hybridized carbons (Fsp3) is 0.200. The van der Waals surface area contributed by atoms with Gasteiger partial charge in [0.05, 0.1) is 33.4 Å². The summed E-state index contributed by atoms with van der Waals surface area (Å²) in [4.78, 5) is 54.1. The monoisotopic (exact) mass is 697 g/mol. The predicted molar refractivity (Wildman–Crippen MR) is 159 cm³/mol. The summed E-state index contributed by atoms with van der Waals surface area (Å²) in [6.45, 7) is -0.739. The Labute approximate surface area is 268 Å². The number of aromatic nitrogens is 1. The molecule has 0 aliphatic carbocycles. The molecule has 0 spiro atoms. The van der Waals surface area contributed by atoms with Gasteiger partial charge in [0.2, 0.25) is 17.7 Å². The molecule has 3 amide bonds. The van der Waals surface area contributed by atoms with Crippen LogP contribution in [0, 0.1) is 5.92 Å². The second-order valence-electron chi connectivity index (χ2n) is 10.3. The number of hydrogen-bond acceptors (Lipinski definition) is 6. The van der Waals surface area contributed by atoms with E-state index in [0.717, 1.165) is 52.7 Å². The SMILES string of the molecule is O=C(Cn1c2c(sc1=O)[C@H](c1ccc(Cl)cc1)C1C(=O)N(c3ccccc3C(F)(F)F)C(=O)C1S2)Nc1ccccc1C(F)(F)F. The van der Waals surface area contributed by atoms with Crippen molar-refractivity contribution in [2.75, 3.05) is 10.2 Å². The summed E-state index contributed by atoms with van der Waals surface area (Å²) in [5.74, 6) is -5.05. The zero-order chi connectivity index (χ0) is 33.1. The molecule has 6 rings (SSSR count). The zero-order valence-electron chi connectivity index (χ0n) is 22.9. The lowest BCUT2D eigenvalue weighted by atomic mass is 9.83. The summed E-state index contributed by atoms with van der Waals surface area (Å²) in [6.07, 6.45) is -9.66. The van der Waals surface area contributed by atoms with Gasteiger partial charge in [-0.3, -0.25) is 23.7 Å². The third-order valence-electron chi connectivity index (χ3n) is 7.54. The second kappa shape index (κ2) is 11.6. The van der Waals surface area contributed by atoms with E-state index in [-0.39, 0.29) is 9.90 Å². The molecule has 2 aliphatic rings. The van der Waals surface area contributed by atoms with Crippen LogP contribution in [0.3, 0.4) is 0 Å². The number of thiazole rings is 1. The Balaban J connectivity index is 1.42. The van der Waals surface area contributed by atoms with Crippen LogP contribution in [-0.2, 0) is 33.3 Å². The molecular weight excluding hydrogens is 680 g/mol. The molecule has 2 aliphatic heterocycles. The van der Waals surface area contributed by atoms with Gasteiger partial charge in [0.1, 0.15) is 11.8 Å². The van der Waals surface area contributed by atoms with Gasteiger partial charge in [-0.1, -0.05) is 71.1 Å². The Morgan fingerprint density at radius 2 is 1.43 bits per heavy atom. The number of thioether (sulfide) groups is 1. The number of imide groups is 1. The molecule has 0 radical (unpaired) electrons. The summed E-state index contributed by atoms with van der Waals surface area (Å²) in [5.41, 5.74) is -3.02. The van der Waals surface area contributed by atoms with E-state index in [1.807, 2.05) is 0 Å². The number of para-hydroxylation sites is 2. The van der Waals surface area contributed by atoms with E-state index in [2.05, 4.69) is 5.32 Å². The fourth-order valence-electron chi connectivity index (χ4n) is 5.60. The summed E-state index contributed by atoms with van der Waals surface area (Å²) < 4.78 is 83.3. The largest absolute Gasteiger partial charge is 0.418 e. The van der Waals surface area contributed by atoms with Crippen LogP contribution in [-0.4, -0.2) is 27.5 Å². The molecule has 46 heavy (non-hydrogen) atoms. The highest BCUT2D eigenvalue weighted by molar-refractivity contribution is 8.00. The molecule has 3 heterocycles. The lowest BCUT2D eigenvalue weighted by Gasteiger charge is -2.30. The van der Waals surface area contributed by atoms with Gasteiger partial charge in [0, 0.05) is 15.8 Å². The molecule has 0 bridgehead atoms. The molecule has 3 atom stereocenters. The highest BCUT2D eigenvalue weighted by atomic mass is 35.5. The second-order valence-corrected chi connectivity index (χ2v) is 12.9. The minimum absolute atomic E-state index is 0.0996. The predicted octanol–water partition coefficient (Wildman–Crippen LogP) is 7.04. The molecule has 4 aromatic rings. The van der Waals surface area contributed by atoms with Crippen molar-refractivity contribution in [2.24, 2.45) is 5.92 Å². The molecule has 1 saturated heterocycles. The minimum atomic E-state index is -4.88. The van der Waals surface area contributed by atoms with Gasteiger partial charge in [0.25, 0.3) is 0 Å². The molecular formula is C30H18ClF6N3O4S2. The first-order valence-corrected chi connectivity index (χ1v) is 15.4. The van der Waals surface area contributed by atoms with E-state index in [9.17, 15) is 45.5 Å². The van der Waals surface area contributed by atoms with Gasteiger partial charge in [-0.15, -0.1) is 0 Å². The van der Waals surface area contributed by atoms with E-state index in [1.54, 1.807) is 12.1 Å². The Bertz CT molecular complexity index is 1940. The normalized spacial score (nSPS) is 19.6. The summed E-state index contributed by atoms with van der Waals surface area (Å²) in [6, 6.07) is 14.6. The van der Waals surface area contributed by atoms with Gasteiger partial charge in [-0.25, -0.2) is 4.90 Å². The maximum absolute atomic E-state index is 13.9. The van der Waals surface area contributed by atoms with Crippen LogP contribution in [0.15, 0.2) is 82.6 Å². The average molecular weight is 698 g/mol. The quantitative estimate of drug-likeness (QED) is 0.179. The molecule has 3 aromatic carbocycles. The minimum Gasteiger partial charge on any atom is -0.324 e. The van der Waals surface area contributed by atoms with Gasteiger partial charge in [0.15, 0.2) is 0 Å². The summed E-state index contributed by atoms with van der Waals surface area (Å²) >= 11 is 7.48. The van der Waals surface area contributed by atoms with Crippen molar-refractivity contribution in [2.45, 2.75) is 35.1 Å². The molecule has 0 saturated carbocycles. The third-order valence-corrected chi connectivity index (χ3v) is 10.4. The first-order valence-electron chi connectivity index (χ1n) is 13.3. The Kier molecular flexibility index (Phi) is 8.05. The fourth-order valence-corrected chi connectivity index (χ4v) is 8.50. The molecule has 1 aromatic heterocycles. The average Bonchev–Trinajstić information content (AvgIpc) is 3.43. The lowest BCUT2D eigenvalue weighted by molar-refractivity contribution is -0.138. The number of halogens is 7. The first kappa shape index (κ1) is 31.9. The number of benzene rings is 3. The number of alkyl halides is 6. The van der Waals surface area contributed by atoms with Gasteiger partial charge >= 0.3 is 17.2 Å². The van der Waals surface area contributed by atoms with Crippen molar-refractivity contribution in [1.82, 2.24) is 4.57 Å². The Hall–Kier alpha value is -4.08. The van der Waals surface area contributed by atoms with Crippen molar-refractivity contribution in [1.29, 1.82) is 0 Å². The van der Waals surface area contributed by atoms with Crippen LogP contribution in [0.25, 0.3) is 0 Å². The number of anilines is 2. The third kappa shape index (κ3) is 5.60. The Morgan fingerprint density at radius 3 is 2.09 bits per heavy atom. The smallest absolute Gasteiger partial charge is 0.324 e. The Morgan fingerprint density at radius 1 is 0.826 bits per heavy atom. The number of nitrogens with one attached hydrogen (secondary N) is 1. The van der Waals surface area contributed by atoms with E-state index in [0.29, 0.717) is 26.8 Å². The highest BCUT2D eigenvalue weighted by Crippen LogP contribution is 2.54. The molecule has 1 N–H and O–H groups in total. The van der Waals surface area contributed by atoms with Gasteiger partial charge in [-0.2, -0.15) is 26.3 Å². The van der Waals surface area contributed by atoms with Crippen molar-refractivity contribution in [3.05, 3.63) is 109 Å². The van der Waals surface area contributed by atoms with Crippen molar-refractivity contribution < 1.29 is 40.7 Å². The standard InChI is InChI=1S/C30H18ClF6N3O4S2/c31-15-11-9-14(10-12-15)21-22-23(26(43)40(25(22)42)19-8-4-2-6-17(19)30(35,36)37)45-27-24(21)46-28(44)39(27)13-20(41)38-18-7-3-1-5-16(18)29(32,33)34/h1-12,21-23H,13H2,(H,38,41)/t21-,22?,23?/m1/s1. The highest BCUT2D eigenvalue weighted by Gasteiger charge is 2.57. The van der Waals surface area contributed by atoms with Gasteiger partial charge < -0.3 is 5.32 Å². The number of nitrogens with zero attached hydrogens (tertiary/aromatic N) is 2. The van der Waals surface area contributed by atoms with Crippen LogP contribution < -0.4 is 15.1 Å². The molecule has 7 nitrogen and oxygen atoms in total. The van der Waals surface area contributed by atoms with E-state index < -0.39 is 81.1 Å². The maximum Gasteiger partial charge on any atom is 0.418 e. The number of carbonyl (C=O) groups excluding carboxylic acids is 3. The number of hydrogen-bond donors (Lipinski definition) is 1. The molecule has 16 heteroatoms. The first-order chi connectivity index (χ1) is 21.7. The molecule has 238 valence electrons. The van der Waals surface area contributed by atoms with Crippen LogP contribution in [0.5, 0.6) is 0 Å². The molecule has 2 unspecified atom stereocenters. The number of rotatable bonds is 5. The number of amides is 3. The summed E-state index contributed by atoms with van der Waals surface area (Å²) in [5, 5.41) is 1.32. The maximum atomic E-state index is 13.9. The zero-order valence-corrected chi connectivity index (χ0v) is 25.2. The van der Waals surface area contributed by atoms with Gasteiger partial charge in [-0.05, 0) is 42.0 Å². The van der Waals surface area contributed by atoms with Crippen LogP contribution in [0.2, 0.25) is 5.02 Å². The van der Waals surface area contributed by atoms with E-state index >= 15 is 0 Å². The van der Waals surface area contributed by atoms with Crippen molar-refractivity contribution >= 4 is 63.8 Å². The van der Waals surface area contributed by atoms with Crippen LogP contribution in [0.4, 0.5) is 37.7 Å². The van der Waals surface area contributed by atoms with E-state index in [4.69, 9.17) is 11.6 Å². The van der Waals surface area contributed by atoms with Crippen LogP contribution in [0.1, 0.15) is 27.5 Å². The lowest BCUT2D eigenvalue weighted by Crippen LogP contribution is -2.33. The van der Waals surface area contributed by atoms with Crippen LogP contribution >= 0.6 is 34.7 Å². The molecule has 1 fully saturated rings. The summed E-state index contributed by atoms with van der Waals surface area (Å²) in [7, 11) is 0. The van der Waals surface area contributed by atoms with Crippen molar-refractivity contribution in [3.8, 4) is 0 Å². The number of carbonyl (C=O) groups is 3. The number of fused-ring (bicyclic) bond motifs is 2. The van der Waals surface area contributed by atoms with E-state index in [1.165, 1.54) is 24.3 Å².